The van der Waals surface area contributed by atoms with Gasteiger partial charge in [0.2, 0.25) is 0 Å². The van der Waals surface area contributed by atoms with Gasteiger partial charge in [-0.1, -0.05) is 6.92 Å². The van der Waals surface area contributed by atoms with Crippen molar-refractivity contribution >= 4 is 24.0 Å². The highest BCUT2D eigenvalue weighted by Gasteiger charge is 2.30. The first-order valence-corrected chi connectivity index (χ1v) is 8.31. The second-order valence-electron chi connectivity index (χ2n) is 6.44. The van der Waals surface area contributed by atoms with Crippen LogP contribution in [0.2, 0.25) is 0 Å². The summed E-state index contributed by atoms with van der Waals surface area (Å²) in [6.07, 6.45) is 3.55. The number of nitro groups is 1. The summed E-state index contributed by atoms with van der Waals surface area (Å²) < 4.78 is 1.54. The Balaban J connectivity index is 0.00000243. The van der Waals surface area contributed by atoms with E-state index in [1.165, 1.54) is 12.1 Å². The largest absolute Gasteiger partial charge is 0.333 e. The summed E-state index contributed by atoms with van der Waals surface area (Å²) in [5.74, 6) is 0.443. The Kier molecular flexibility index (Phi) is 6.33. The molecule has 1 aliphatic rings. The topological polar surface area (TPSA) is 107 Å². The van der Waals surface area contributed by atoms with Crippen LogP contribution in [0.1, 0.15) is 30.3 Å². The average Bonchev–Trinajstić information content (AvgIpc) is 3.11. The van der Waals surface area contributed by atoms with Crippen LogP contribution in [0.25, 0.3) is 5.69 Å². The van der Waals surface area contributed by atoms with Crippen LogP contribution in [0.3, 0.4) is 0 Å². The minimum absolute atomic E-state index is 0. The summed E-state index contributed by atoms with van der Waals surface area (Å²) in [4.78, 5) is 24.8. The highest BCUT2D eigenvalue weighted by Crippen LogP contribution is 2.23. The van der Waals surface area contributed by atoms with Crippen molar-refractivity contribution in [2.45, 2.75) is 25.8 Å². The van der Waals surface area contributed by atoms with Crippen LogP contribution in [-0.4, -0.2) is 44.6 Å². The molecule has 1 aromatic heterocycles. The maximum absolute atomic E-state index is 12.8. The SMILES string of the molecule is CC1CCN(C(=O)c2ccn(-c3ccc([N+](=O)[O-])cc3)n2)C(CN)C1.Cl. The lowest BCUT2D eigenvalue weighted by molar-refractivity contribution is -0.384. The van der Waals surface area contributed by atoms with E-state index >= 15 is 0 Å². The van der Waals surface area contributed by atoms with Gasteiger partial charge in [0.05, 0.1) is 10.6 Å². The second kappa shape index (κ2) is 8.29. The van der Waals surface area contributed by atoms with Crippen molar-refractivity contribution in [1.82, 2.24) is 14.7 Å². The summed E-state index contributed by atoms with van der Waals surface area (Å²) in [5, 5.41) is 15.1. The van der Waals surface area contributed by atoms with Gasteiger partial charge in [-0.25, -0.2) is 4.68 Å². The first-order chi connectivity index (χ1) is 12.0. The van der Waals surface area contributed by atoms with Gasteiger partial charge in [-0.05, 0) is 37.0 Å². The van der Waals surface area contributed by atoms with E-state index in [1.807, 2.05) is 4.90 Å². The number of non-ortho nitro benzene ring substituents is 1. The number of aromatic nitrogens is 2. The number of benzene rings is 1. The molecule has 0 spiro atoms. The molecule has 9 heteroatoms. The van der Waals surface area contributed by atoms with E-state index < -0.39 is 4.92 Å². The Hall–Kier alpha value is -2.45. The average molecular weight is 380 g/mol. The minimum Gasteiger partial charge on any atom is -0.333 e. The zero-order chi connectivity index (χ0) is 18.0. The molecule has 3 rings (SSSR count). The Morgan fingerprint density at radius 1 is 1.35 bits per heavy atom. The van der Waals surface area contributed by atoms with Crippen molar-refractivity contribution in [2.75, 3.05) is 13.1 Å². The highest BCUT2D eigenvalue weighted by molar-refractivity contribution is 5.92. The first kappa shape index (κ1) is 19.9. The highest BCUT2D eigenvalue weighted by atomic mass is 35.5. The van der Waals surface area contributed by atoms with Gasteiger partial charge >= 0.3 is 0 Å². The molecule has 1 aromatic carbocycles. The number of carbonyl (C=O) groups is 1. The van der Waals surface area contributed by atoms with Crippen molar-refractivity contribution in [1.29, 1.82) is 0 Å². The number of likely N-dealkylation sites (tertiary alicyclic amines) is 1. The van der Waals surface area contributed by atoms with Gasteiger partial charge < -0.3 is 10.6 Å². The van der Waals surface area contributed by atoms with Crippen LogP contribution < -0.4 is 5.73 Å². The second-order valence-corrected chi connectivity index (χ2v) is 6.44. The van der Waals surface area contributed by atoms with Crippen molar-refractivity contribution in [3.8, 4) is 5.69 Å². The number of nitrogens with two attached hydrogens (primary N) is 1. The van der Waals surface area contributed by atoms with Gasteiger partial charge in [0, 0.05) is 37.5 Å². The standard InChI is InChI=1S/C17H21N5O3.ClH/c1-12-6-8-20(15(10-12)11-18)17(23)16-7-9-21(19-16)13-2-4-14(5-3-13)22(24)25;/h2-5,7,9,12,15H,6,8,10-11,18H2,1H3;1H. The third-order valence-corrected chi connectivity index (χ3v) is 4.64. The van der Waals surface area contributed by atoms with Crippen molar-refractivity contribution < 1.29 is 9.72 Å². The molecule has 8 nitrogen and oxygen atoms in total. The van der Waals surface area contributed by atoms with E-state index in [4.69, 9.17) is 5.73 Å². The lowest BCUT2D eigenvalue weighted by atomic mass is 9.92. The van der Waals surface area contributed by atoms with Gasteiger partial charge in [-0.15, -0.1) is 12.4 Å². The number of hydrogen-bond donors (Lipinski definition) is 1. The van der Waals surface area contributed by atoms with E-state index in [0.29, 0.717) is 30.4 Å². The predicted molar refractivity (Wildman–Crippen MR) is 99.7 cm³/mol. The monoisotopic (exact) mass is 379 g/mol. The lowest BCUT2D eigenvalue weighted by Gasteiger charge is -2.37. The summed E-state index contributed by atoms with van der Waals surface area (Å²) in [6.45, 7) is 3.30. The van der Waals surface area contributed by atoms with Crippen LogP contribution in [0.4, 0.5) is 5.69 Å². The Morgan fingerprint density at radius 3 is 2.65 bits per heavy atom. The molecule has 26 heavy (non-hydrogen) atoms. The zero-order valence-electron chi connectivity index (χ0n) is 14.4. The Bertz CT molecular complexity index is 777. The summed E-state index contributed by atoms with van der Waals surface area (Å²) in [7, 11) is 0. The van der Waals surface area contributed by atoms with E-state index in [9.17, 15) is 14.9 Å². The molecule has 140 valence electrons. The molecule has 2 atom stereocenters. The van der Waals surface area contributed by atoms with Crippen LogP contribution in [0.15, 0.2) is 36.5 Å². The maximum Gasteiger partial charge on any atom is 0.274 e. The van der Waals surface area contributed by atoms with E-state index in [0.717, 1.165) is 12.8 Å². The number of carbonyl (C=O) groups excluding carboxylic acids is 1. The van der Waals surface area contributed by atoms with Gasteiger partial charge in [0.1, 0.15) is 0 Å². The number of amides is 1. The molecular weight excluding hydrogens is 358 g/mol. The van der Waals surface area contributed by atoms with Gasteiger partial charge in [-0.2, -0.15) is 5.10 Å². The van der Waals surface area contributed by atoms with E-state index in [-0.39, 0.29) is 30.0 Å². The summed E-state index contributed by atoms with van der Waals surface area (Å²) >= 11 is 0. The molecule has 2 aromatic rings. The molecule has 1 fully saturated rings. The van der Waals surface area contributed by atoms with E-state index in [1.54, 1.807) is 29.1 Å². The maximum atomic E-state index is 12.8. The quantitative estimate of drug-likeness (QED) is 0.648. The fraction of sp³-hybridized carbons (Fsp3) is 0.412. The third kappa shape index (κ3) is 4.03. The van der Waals surface area contributed by atoms with Gasteiger partial charge in [-0.3, -0.25) is 14.9 Å². The van der Waals surface area contributed by atoms with Crippen LogP contribution in [0.5, 0.6) is 0 Å². The molecule has 2 heterocycles. The molecule has 0 bridgehead atoms. The summed E-state index contributed by atoms with van der Waals surface area (Å²) in [6, 6.07) is 7.73. The number of piperidine rings is 1. The fourth-order valence-electron chi connectivity index (χ4n) is 3.20. The van der Waals surface area contributed by atoms with Crippen LogP contribution in [-0.2, 0) is 0 Å². The zero-order valence-corrected chi connectivity index (χ0v) is 15.3. The van der Waals surface area contributed by atoms with Crippen LogP contribution >= 0.6 is 12.4 Å². The summed E-state index contributed by atoms with van der Waals surface area (Å²) in [5.41, 5.74) is 6.86. The molecular formula is C17H22ClN5O3. The number of rotatable bonds is 4. The number of halogens is 1. The normalized spacial score (nSPS) is 19.7. The molecule has 1 aliphatic heterocycles. The number of nitrogens with zero attached hydrogens (tertiary/aromatic N) is 4. The van der Waals surface area contributed by atoms with Gasteiger partial charge in [0.25, 0.3) is 11.6 Å². The molecule has 2 unspecified atom stereocenters. The lowest BCUT2D eigenvalue weighted by Crippen LogP contribution is -2.49. The molecule has 0 saturated carbocycles. The number of nitro benzene ring substituents is 1. The minimum atomic E-state index is -0.452. The Labute approximate surface area is 157 Å². The van der Waals surface area contributed by atoms with Crippen molar-refractivity contribution in [3.63, 3.8) is 0 Å². The number of hydrogen-bond acceptors (Lipinski definition) is 5. The van der Waals surface area contributed by atoms with Gasteiger partial charge in [0.15, 0.2) is 5.69 Å². The molecule has 2 N–H and O–H groups in total. The smallest absolute Gasteiger partial charge is 0.274 e. The van der Waals surface area contributed by atoms with Crippen molar-refractivity contribution in [3.05, 3.63) is 52.3 Å². The Morgan fingerprint density at radius 2 is 2.04 bits per heavy atom. The molecule has 0 radical (unpaired) electrons. The molecule has 1 saturated heterocycles. The first-order valence-electron chi connectivity index (χ1n) is 8.31. The van der Waals surface area contributed by atoms with E-state index in [2.05, 4.69) is 12.0 Å². The van der Waals surface area contributed by atoms with Crippen LogP contribution in [0, 0.1) is 16.0 Å². The molecule has 0 aliphatic carbocycles. The molecule has 1 amide bonds. The predicted octanol–water partition coefficient (Wildman–Crippen LogP) is 2.40. The third-order valence-electron chi connectivity index (χ3n) is 4.64. The fourth-order valence-corrected chi connectivity index (χ4v) is 3.20. The van der Waals surface area contributed by atoms with Crippen molar-refractivity contribution in [2.24, 2.45) is 11.7 Å².